The average molecular weight is 363 g/mol. The number of amides is 1. The van der Waals surface area contributed by atoms with Crippen LogP contribution >= 0.6 is 11.6 Å². The molecule has 0 N–H and O–H groups in total. The number of ether oxygens (including phenoxy) is 1. The molecule has 10 heteroatoms. The van der Waals surface area contributed by atoms with Crippen molar-refractivity contribution in [3.05, 3.63) is 10.7 Å². The smallest absolute Gasteiger partial charge is 0.276 e. The van der Waals surface area contributed by atoms with Crippen LogP contribution in [0.5, 0.6) is 5.88 Å². The fraction of sp³-hybridized carbons (Fsp3) is 0.692. The first-order valence-electron chi connectivity index (χ1n) is 7.60. The van der Waals surface area contributed by atoms with Crippen LogP contribution in [0.4, 0.5) is 0 Å². The Labute approximate surface area is 140 Å². The number of fused-ring (bicyclic) bond motifs is 1. The van der Waals surface area contributed by atoms with Crippen molar-refractivity contribution in [2.75, 3.05) is 38.5 Å². The monoisotopic (exact) mass is 362 g/mol. The summed E-state index contributed by atoms with van der Waals surface area (Å²) in [5, 5.41) is 4.48. The highest BCUT2D eigenvalue weighted by Gasteiger charge is 2.32. The van der Waals surface area contributed by atoms with Crippen molar-refractivity contribution in [3.63, 3.8) is 0 Å². The first-order valence-corrected chi connectivity index (χ1v) is 9.59. The van der Waals surface area contributed by atoms with Gasteiger partial charge in [0.2, 0.25) is 15.9 Å². The van der Waals surface area contributed by atoms with E-state index in [-0.39, 0.29) is 22.4 Å². The minimum Gasteiger partial charge on any atom is -0.477 e. The SMILES string of the molecule is CCS(=O)(=O)N1CCN(C(=O)c2nn3c(c2Cl)OCCC3)CC1. The maximum absolute atomic E-state index is 12.6. The molecule has 1 aromatic heterocycles. The molecule has 128 valence electrons. The number of carbonyl (C=O) groups is 1. The highest BCUT2D eigenvalue weighted by molar-refractivity contribution is 7.89. The first kappa shape index (κ1) is 16.5. The molecule has 2 aliphatic heterocycles. The Hall–Kier alpha value is -1.32. The zero-order valence-corrected chi connectivity index (χ0v) is 14.4. The predicted octanol–water partition coefficient (Wildman–Crippen LogP) is 0.426. The minimum absolute atomic E-state index is 0.0673. The zero-order chi connectivity index (χ0) is 16.6. The van der Waals surface area contributed by atoms with Gasteiger partial charge in [0.15, 0.2) is 5.69 Å². The lowest BCUT2D eigenvalue weighted by molar-refractivity contribution is 0.0691. The van der Waals surface area contributed by atoms with Gasteiger partial charge in [-0.3, -0.25) is 4.79 Å². The van der Waals surface area contributed by atoms with Gasteiger partial charge in [-0.15, -0.1) is 0 Å². The minimum atomic E-state index is -3.22. The highest BCUT2D eigenvalue weighted by Crippen LogP contribution is 2.31. The Morgan fingerprint density at radius 3 is 2.57 bits per heavy atom. The van der Waals surface area contributed by atoms with Gasteiger partial charge in [0.25, 0.3) is 5.91 Å². The number of nitrogens with zero attached hydrogens (tertiary/aromatic N) is 4. The molecule has 0 aliphatic carbocycles. The molecular formula is C13H19ClN4O4S. The van der Waals surface area contributed by atoms with E-state index in [9.17, 15) is 13.2 Å². The number of hydrogen-bond acceptors (Lipinski definition) is 5. The second-order valence-corrected chi connectivity index (χ2v) is 8.12. The third-order valence-corrected chi connectivity index (χ3v) is 6.31. The van der Waals surface area contributed by atoms with Crippen molar-refractivity contribution in [1.29, 1.82) is 0 Å². The van der Waals surface area contributed by atoms with E-state index in [2.05, 4.69) is 5.10 Å². The lowest BCUT2D eigenvalue weighted by Crippen LogP contribution is -2.51. The zero-order valence-electron chi connectivity index (χ0n) is 12.9. The summed E-state index contributed by atoms with van der Waals surface area (Å²) in [5.41, 5.74) is 0.176. The quantitative estimate of drug-likeness (QED) is 0.778. The molecule has 2 aliphatic rings. The van der Waals surface area contributed by atoms with Crippen LogP contribution in [-0.2, 0) is 16.6 Å². The van der Waals surface area contributed by atoms with Gasteiger partial charge in [0.1, 0.15) is 5.02 Å². The van der Waals surface area contributed by atoms with E-state index in [0.717, 1.165) is 6.42 Å². The molecule has 0 aromatic carbocycles. The Morgan fingerprint density at radius 2 is 1.96 bits per heavy atom. The summed E-state index contributed by atoms with van der Waals surface area (Å²) in [6.07, 6.45) is 0.826. The lowest BCUT2D eigenvalue weighted by Gasteiger charge is -2.33. The molecule has 0 bridgehead atoms. The fourth-order valence-corrected chi connectivity index (χ4v) is 4.09. The van der Waals surface area contributed by atoms with Crippen molar-refractivity contribution in [2.45, 2.75) is 19.9 Å². The van der Waals surface area contributed by atoms with Gasteiger partial charge >= 0.3 is 0 Å². The average Bonchev–Trinajstić information content (AvgIpc) is 2.91. The Balaban J connectivity index is 1.72. The molecule has 1 amide bonds. The summed E-state index contributed by atoms with van der Waals surface area (Å²) >= 11 is 6.22. The Morgan fingerprint density at radius 1 is 1.26 bits per heavy atom. The van der Waals surface area contributed by atoms with E-state index >= 15 is 0 Å². The molecule has 8 nitrogen and oxygen atoms in total. The van der Waals surface area contributed by atoms with Gasteiger partial charge in [-0.1, -0.05) is 11.6 Å². The van der Waals surface area contributed by atoms with Gasteiger partial charge in [0, 0.05) is 39.1 Å². The summed E-state index contributed by atoms with van der Waals surface area (Å²) in [5.74, 6) is 0.222. The standard InChI is InChI=1S/C13H19ClN4O4S/c1-2-23(20,21)17-7-5-16(6-8-17)12(19)11-10(14)13-18(15-11)4-3-9-22-13/h2-9H2,1H3. The number of sulfonamides is 1. The highest BCUT2D eigenvalue weighted by atomic mass is 35.5. The maximum atomic E-state index is 12.6. The van der Waals surface area contributed by atoms with Crippen LogP contribution in [0.15, 0.2) is 0 Å². The summed E-state index contributed by atoms with van der Waals surface area (Å²) in [4.78, 5) is 14.2. The summed E-state index contributed by atoms with van der Waals surface area (Å²) < 4.78 is 32.2. The second-order valence-electron chi connectivity index (χ2n) is 5.48. The van der Waals surface area contributed by atoms with Gasteiger partial charge in [-0.05, 0) is 6.92 Å². The molecule has 1 fully saturated rings. The molecule has 3 rings (SSSR count). The van der Waals surface area contributed by atoms with Gasteiger partial charge in [-0.25, -0.2) is 13.1 Å². The van der Waals surface area contributed by atoms with Crippen molar-refractivity contribution >= 4 is 27.5 Å². The summed E-state index contributed by atoms with van der Waals surface area (Å²) in [6, 6.07) is 0. The lowest BCUT2D eigenvalue weighted by atomic mass is 10.3. The van der Waals surface area contributed by atoms with E-state index in [1.165, 1.54) is 4.31 Å². The van der Waals surface area contributed by atoms with Crippen LogP contribution in [0.25, 0.3) is 0 Å². The number of carbonyl (C=O) groups excluding carboxylic acids is 1. The third kappa shape index (κ3) is 3.05. The number of halogens is 1. The van der Waals surface area contributed by atoms with Crippen molar-refractivity contribution in [2.24, 2.45) is 0 Å². The van der Waals surface area contributed by atoms with Crippen LogP contribution in [0.3, 0.4) is 0 Å². The maximum Gasteiger partial charge on any atom is 0.276 e. The van der Waals surface area contributed by atoms with Crippen LogP contribution < -0.4 is 4.74 Å². The number of piperazine rings is 1. The van der Waals surface area contributed by atoms with E-state index in [1.54, 1.807) is 16.5 Å². The van der Waals surface area contributed by atoms with Crippen LogP contribution in [-0.4, -0.2) is 71.8 Å². The van der Waals surface area contributed by atoms with E-state index < -0.39 is 10.0 Å². The number of aromatic nitrogens is 2. The topological polar surface area (TPSA) is 84.7 Å². The third-order valence-electron chi connectivity index (χ3n) is 4.09. The van der Waals surface area contributed by atoms with E-state index in [1.807, 2.05) is 0 Å². The normalized spacial score (nSPS) is 19.3. The first-order chi connectivity index (χ1) is 10.9. The number of rotatable bonds is 3. The summed E-state index contributed by atoms with van der Waals surface area (Å²) in [6.45, 7) is 4.10. The van der Waals surface area contributed by atoms with Crippen LogP contribution in [0.2, 0.25) is 5.02 Å². The molecule has 1 saturated heterocycles. The van der Waals surface area contributed by atoms with Gasteiger partial charge < -0.3 is 9.64 Å². The second kappa shape index (κ2) is 6.29. The fourth-order valence-electron chi connectivity index (χ4n) is 2.74. The molecule has 0 spiro atoms. The van der Waals surface area contributed by atoms with Crippen LogP contribution in [0.1, 0.15) is 23.8 Å². The van der Waals surface area contributed by atoms with Gasteiger partial charge in [0.05, 0.1) is 12.4 Å². The molecular weight excluding hydrogens is 344 g/mol. The van der Waals surface area contributed by atoms with Crippen LogP contribution in [0, 0.1) is 0 Å². The molecule has 3 heterocycles. The number of hydrogen-bond donors (Lipinski definition) is 0. The van der Waals surface area contributed by atoms with Crippen molar-refractivity contribution in [1.82, 2.24) is 19.0 Å². The molecule has 0 radical (unpaired) electrons. The largest absolute Gasteiger partial charge is 0.477 e. The van der Waals surface area contributed by atoms with Gasteiger partial charge in [-0.2, -0.15) is 9.40 Å². The Bertz CT molecular complexity index is 710. The number of aryl methyl sites for hydroxylation is 1. The molecule has 1 aromatic rings. The Kier molecular flexibility index (Phi) is 4.52. The van der Waals surface area contributed by atoms with E-state index in [4.69, 9.17) is 16.3 Å². The summed E-state index contributed by atoms with van der Waals surface area (Å²) in [7, 11) is -3.22. The predicted molar refractivity (Wildman–Crippen MR) is 84.3 cm³/mol. The molecule has 0 saturated carbocycles. The molecule has 23 heavy (non-hydrogen) atoms. The molecule has 0 atom stereocenters. The van der Waals surface area contributed by atoms with Crippen molar-refractivity contribution < 1.29 is 17.9 Å². The molecule has 0 unspecified atom stereocenters. The van der Waals surface area contributed by atoms with E-state index in [0.29, 0.717) is 45.2 Å². The van der Waals surface area contributed by atoms with Crippen molar-refractivity contribution in [3.8, 4) is 5.88 Å².